The molecule has 2 aromatic rings. The van der Waals surface area contributed by atoms with Gasteiger partial charge in [-0.05, 0) is 30.3 Å². The quantitative estimate of drug-likeness (QED) is 0.769. The van der Waals surface area contributed by atoms with E-state index < -0.39 is 34.9 Å². The minimum atomic E-state index is -4.54. The maximum Gasteiger partial charge on any atom is 0.417 e. The van der Waals surface area contributed by atoms with E-state index in [1.54, 1.807) is 0 Å². The normalized spacial score (nSPS) is 14.4. The molecule has 0 N–H and O–H groups in total. The lowest BCUT2D eigenvalue weighted by atomic mass is 9.87. The Labute approximate surface area is 137 Å². The molecule has 8 heteroatoms. The van der Waals surface area contributed by atoms with E-state index in [2.05, 4.69) is 4.98 Å². The van der Waals surface area contributed by atoms with Gasteiger partial charge in [0.2, 0.25) is 0 Å². The Morgan fingerprint density at radius 3 is 2.16 bits per heavy atom. The number of allylic oxidation sites excluding steroid dienone is 2. The van der Waals surface area contributed by atoms with Gasteiger partial charge in [-0.15, -0.1) is 0 Å². The fourth-order valence-corrected chi connectivity index (χ4v) is 2.44. The van der Waals surface area contributed by atoms with Crippen LogP contribution in [0.1, 0.15) is 32.0 Å². The van der Waals surface area contributed by atoms with Crippen molar-refractivity contribution in [1.82, 2.24) is 4.98 Å². The molecule has 3 rings (SSSR count). The first-order valence-corrected chi connectivity index (χ1v) is 6.97. The molecule has 1 aliphatic carbocycles. The van der Waals surface area contributed by atoms with Crippen molar-refractivity contribution in [2.75, 3.05) is 0 Å². The molecule has 0 fully saturated rings. The van der Waals surface area contributed by atoms with Crippen LogP contribution in [0.25, 0.3) is 0 Å². The van der Waals surface area contributed by atoms with Crippen molar-refractivity contribution in [3.8, 4) is 0 Å². The molecule has 0 amide bonds. The number of fused-ring (bicyclic) bond motifs is 1. The van der Waals surface area contributed by atoms with E-state index in [9.17, 15) is 31.5 Å². The maximum atomic E-state index is 13.3. The minimum Gasteiger partial charge on any atom is -0.289 e. The van der Waals surface area contributed by atoms with E-state index in [4.69, 9.17) is 0 Å². The molecule has 0 saturated heterocycles. The van der Waals surface area contributed by atoms with Crippen LogP contribution >= 0.6 is 0 Å². The van der Waals surface area contributed by atoms with Crippen molar-refractivity contribution in [3.05, 3.63) is 76.1 Å². The Kier molecular flexibility index (Phi) is 3.98. The van der Waals surface area contributed by atoms with Gasteiger partial charge in [-0.1, -0.05) is 0 Å². The zero-order chi connectivity index (χ0) is 18.4. The van der Waals surface area contributed by atoms with E-state index in [-0.39, 0.29) is 28.8 Å². The summed E-state index contributed by atoms with van der Waals surface area (Å²) < 4.78 is 64.1. The van der Waals surface area contributed by atoms with Crippen LogP contribution in [0.5, 0.6) is 0 Å². The van der Waals surface area contributed by atoms with Crippen LogP contribution in [-0.2, 0) is 12.6 Å². The molecule has 128 valence electrons. The molecule has 1 aromatic carbocycles. The Morgan fingerprint density at radius 2 is 1.60 bits per heavy atom. The van der Waals surface area contributed by atoms with Gasteiger partial charge in [0.1, 0.15) is 0 Å². The highest BCUT2D eigenvalue weighted by atomic mass is 19.4. The predicted molar refractivity (Wildman–Crippen MR) is 76.0 cm³/mol. The summed E-state index contributed by atoms with van der Waals surface area (Å²) in [5.41, 5.74) is -1.41. The van der Waals surface area contributed by atoms with E-state index in [1.165, 1.54) is 0 Å². The highest BCUT2D eigenvalue weighted by Crippen LogP contribution is 2.29. The van der Waals surface area contributed by atoms with Gasteiger partial charge < -0.3 is 0 Å². The molecular weight excluding hydrogens is 345 g/mol. The van der Waals surface area contributed by atoms with Crippen LogP contribution in [0.15, 0.2) is 42.1 Å². The SMILES string of the molecule is O=C1C=C(Cc2ccc(C(F)(F)F)cn2)C(=O)c2cc(F)c(F)cc21. The Balaban J connectivity index is 1.90. The van der Waals surface area contributed by atoms with Gasteiger partial charge in [0, 0.05) is 35.0 Å². The number of hydrogen-bond donors (Lipinski definition) is 0. The molecule has 3 nitrogen and oxygen atoms in total. The zero-order valence-electron chi connectivity index (χ0n) is 12.3. The second kappa shape index (κ2) is 5.87. The Hall–Kier alpha value is -2.90. The van der Waals surface area contributed by atoms with Crippen molar-refractivity contribution in [1.29, 1.82) is 0 Å². The van der Waals surface area contributed by atoms with Crippen molar-refractivity contribution >= 4 is 11.6 Å². The molecule has 0 bridgehead atoms. The summed E-state index contributed by atoms with van der Waals surface area (Å²) in [5, 5.41) is 0. The van der Waals surface area contributed by atoms with Gasteiger partial charge in [0.05, 0.1) is 5.56 Å². The number of Topliss-reactive ketones (excluding diaryl/α,β-unsaturated/α-hetero) is 1. The summed E-state index contributed by atoms with van der Waals surface area (Å²) in [5.74, 6) is -3.90. The van der Waals surface area contributed by atoms with E-state index in [0.29, 0.717) is 18.3 Å². The van der Waals surface area contributed by atoms with Gasteiger partial charge in [-0.25, -0.2) is 8.78 Å². The molecule has 1 aromatic heterocycles. The molecular formula is C17H8F5NO2. The molecule has 1 aliphatic rings. The minimum absolute atomic E-state index is 0.0595. The van der Waals surface area contributed by atoms with Crippen molar-refractivity contribution in [3.63, 3.8) is 0 Å². The van der Waals surface area contributed by atoms with Crippen LogP contribution in [0.2, 0.25) is 0 Å². The maximum absolute atomic E-state index is 13.3. The van der Waals surface area contributed by atoms with Gasteiger partial charge in [0.15, 0.2) is 23.2 Å². The first kappa shape index (κ1) is 16.9. The number of nitrogens with zero attached hydrogens (tertiary/aromatic N) is 1. The lowest BCUT2D eigenvalue weighted by molar-refractivity contribution is -0.137. The second-order valence-electron chi connectivity index (χ2n) is 5.39. The molecule has 0 aliphatic heterocycles. The van der Waals surface area contributed by atoms with Crippen molar-refractivity contribution in [2.45, 2.75) is 12.6 Å². The predicted octanol–water partition coefficient (Wildman–Crippen LogP) is 3.93. The monoisotopic (exact) mass is 353 g/mol. The largest absolute Gasteiger partial charge is 0.417 e. The number of alkyl halides is 3. The third kappa shape index (κ3) is 3.19. The van der Waals surface area contributed by atoms with Crippen molar-refractivity contribution in [2.24, 2.45) is 0 Å². The number of rotatable bonds is 2. The number of benzene rings is 1. The van der Waals surface area contributed by atoms with Gasteiger partial charge in [-0.3, -0.25) is 14.6 Å². The number of hydrogen-bond acceptors (Lipinski definition) is 3. The lowest BCUT2D eigenvalue weighted by Crippen LogP contribution is -2.19. The number of halogens is 5. The van der Waals surface area contributed by atoms with Gasteiger partial charge >= 0.3 is 6.18 Å². The molecule has 25 heavy (non-hydrogen) atoms. The summed E-state index contributed by atoms with van der Waals surface area (Å²) in [6.45, 7) is 0. The van der Waals surface area contributed by atoms with Gasteiger partial charge in [-0.2, -0.15) is 13.2 Å². The summed E-state index contributed by atoms with van der Waals surface area (Å²) in [7, 11) is 0. The molecule has 0 unspecified atom stereocenters. The summed E-state index contributed by atoms with van der Waals surface area (Å²) >= 11 is 0. The van der Waals surface area contributed by atoms with Crippen LogP contribution in [-0.4, -0.2) is 16.6 Å². The molecule has 1 heterocycles. The first-order valence-electron chi connectivity index (χ1n) is 6.97. The zero-order valence-corrected chi connectivity index (χ0v) is 12.3. The fraction of sp³-hybridized carbons (Fsp3) is 0.118. The molecule has 0 atom stereocenters. The van der Waals surface area contributed by atoms with E-state index >= 15 is 0 Å². The van der Waals surface area contributed by atoms with Crippen molar-refractivity contribution < 1.29 is 31.5 Å². The van der Waals surface area contributed by atoms with Crippen LogP contribution in [0.4, 0.5) is 22.0 Å². The Bertz CT molecular complexity index is 914. The number of ketones is 2. The molecule has 0 saturated carbocycles. The summed E-state index contributed by atoms with van der Waals surface area (Å²) in [6.07, 6.45) is -3.17. The fourth-order valence-electron chi connectivity index (χ4n) is 2.44. The third-order valence-electron chi connectivity index (χ3n) is 3.69. The lowest BCUT2D eigenvalue weighted by Gasteiger charge is -2.15. The highest BCUT2D eigenvalue weighted by Gasteiger charge is 2.31. The van der Waals surface area contributed by atoms with Gasteiger partial charge in [0.25, 0.3) is 0 Å². The Morgan fingerprint density at radius 1 is 0.960 bits per heavy atom. The number of carbonyl (C=O) groups is 2. The smallest absolute Gasteiger partial charge is 0.289 e. The topological polar surface area (TPSA) is 47.0 Å². The number of carbonyl (C=O) groups excluding carboxylic acids is 2. The second-order valence-corrected chi connectivity index (χ2v) is 5.39. The molecule has 0 spiro atoms. The highest BCUT2D eigenvalue weighted by molar-refractivity contribution is 6.24. The van der Waals surface area contributed by atoms with Crippen LogP contribution < -0.4 is 0 Å². The summed E-state index contributed by atoms with van der Waals surface area (Å²) in [6, 6.07) is 3.18. The van der Waals surface area contributed by atoms with E-state index in [0.717, 1.165) is 18.2 Å². The number of pyridine rings is 1. The van der Waals surface area contributed by atoms with Crippen LogP contribution in [0.3, 0.4) is 0 Å². The van der Waals surface area contributed by atoms with E-state index in [1.807, 2.05) is 0 Å². The van der Waals surface area contributed by atoms with Crippen LogP contribution in [0, 0.1) is 11.6 Å². The third-order valence-corrected chi connectivity index (χ3v) is 3.69. The first-order chi connectivity index (χ1) is 11.7. The molecule has 0 radical (unpaired) electrons. The number of aromatic nitrogens is 1. The average Bonchev–Trinajstić information content (AvgIpc) is 2.54. The summed E-state index contributed by atoms with van der Waals surface area (Å²) in [4.78, 5) is 28.0. The standard InChI is InChI=1S/C17H8F5NO2/c18-13-5-11-12(6-14(13)19)16(25)8(4-15(11)24)3-10-2-1-9(7-23-10)17(20,21)22/h1-2,4-7H,3H2. The average molecular weight is 353 g/mol.